The molecular weight excluding hydrogens is 308 g/mol. The number of hydrogen-bond donors (Lipinski definition) is 0. The summed E-state index contributed by atoms with van der Waals surface area (Å²) in [5, 5.41) is 10.1. The van der Waals surface area contributed by atoms with Crippen molar-refractivity contribution in [2.24, 2.45) is 0 Å². The van der Waals surface area contributed by atoms with Gasteiger partial charge in [-0.2, -0.15) is 5.26 Å². The van der Waals surface area contributed by atoms with E-state index in [9.17, 15) is 5.26 Å². The third-order valence-corrected chi connectivity index (χ3v) is 3.88. The summed E-state index contributed by atoms with van der Waals surface area (Å²) in [6, 6.07) is 13.1. The highest BCUT2D eigenvalue weighted by Gasteiger charge is 2.11. The molecule has 5 nitrogen and oxygen atoms in total. The van der Waals surface area contributed by atoms with E-state index in [0.29, 0.717) is 11.5 Å². The van der Waals surface area contributed by atoms with E-state index >= 15 is 0 Å². The number of pyridine rings is 3. The average Bonchev–Trinajstić information content (AvgIpc) is 2.58. The zero-order chi connectivity index (χ0) is 16.1. The zero-order valence-corrected chi connectivity index (χ0v) is 13.1. The number of rotatable bonds is 4. The monoisotopic (exact) mass is 320 g/mol. The van der Waals surface area contributed by atoms with E-state index < -0.39 is 0 Å². The molecule has 0 bridgehead atoms. The fraction of sp³-hybridized carbons (Fsp3) is 0.0588. The van der Waals surface area contributed by atoms with Crippen molar-refractivity contribution in [2.75, 3.05) is 0 Å². The van der Waals surface area contributed by atoms with Crippen LogP contribution in [0.2, 0.25) is 0 Å². The molecule has 0 aliphatic rings. The Hall–Kier alpha value is -2.91. The average molecular weight is 320 g/mol. The molecular formula is C17H12N4OS. The van der Waals surface area contributed by atoms with Gasteiger partial charge in [0.25, 0.3) is 0 Å². The third kappa shape index (κ3) is 3.65. The van der Waals surface area contributed by atoms with Gasteiger partial charge in [0.15, 0.2) is 11.4 Å². The van der Waals surface area contributed by atoms with Crippen LogP contribution in [-0.2, 0) is 0 Å². The lowest BCUT2D eigenvalue weighted by Gasteiger charge is -2.10. The van der Waals surface area contributed by atoms with Crippen molar-refractivity contribution < 1.29 is 4.74 Å². The number of hydrogen-bond acceptors (Lipinski definition) is 6. The maximum absolute atomic E-state index is 9.22. The van der Waals surface area contributed by atoms with E-state index in [4.69, 9.17) is 4.74 Å². The quantitative estimate of drug-likeness (QED) is 0.723. The third-order valence-electron chi connectivity index (χ3n) is 2.97. The second kappa shape index (κ2) is 6.90. The minimum absolute atomic E-state index is 0.235. The summed E-state index contributed by atoms with van der Waals surface area (Å²) < 4.78 is 5.83. The fourth-order valence-corrected chi connectivity index (χ4v) is 2.64. The van der Waals surface area contributed by atoms with Crippen LogP contribution in [0.25, 0.3) is 0 Å². The van der Waals surface area contributed by atoms with Crippen LogP contribution in [0.5, 0.6) is 11.5 Å². The normalized spacial score (nSPS) is 10.1. The molecule has 0 amide bonds. The van der Waals surface area contributed by atoms with Gasteiger partial charge < -0.3 is 4.74 Å². The highest BCUT2D eigenvalue weighted by Crippen LogP contribution is 2.32. The lowest BCUT2D eigenvalue weighted by molar-refractivity contribution is 0.470. The van der Waals surface area contributed by atoms with Crippen molar-refractivity contribution in [3.8, 4) is 17.6 Å². The molecule has 0 unspecified atom stereocenters. The summed E-state index contributed by atoms with van der Waals surface area (Å²) in [6.45, 7) is 1.85. The molecule has 0 radical (unpaired) electrons. The SMILES string of the molecule is Cc1ncccc1Oc1cc(Sc2ccccn2)cnc1C#N. The fourth-order valence-electron chi connectivity index (χ4n) is 1.87. The summed E-state index contributed by atoms with van der Waals surface area (Å²) in [5.41, 5.74) is 0.984. The first-order valence-corrected chi connectivity index (χ1v) is 7.66. The predicted octanol–water partition coefficient (Wildman–Crippen LogP) is 4.00. The lowest BCUT2D eigenvalue weighted by atomic mass is 10.3. The van der Waals surface area contributed by atoms with E-state index in [-0.39, 0.29) is 5.69 Å². The molecule has 3 aromatic rings. The van der Waals surface area contributed by atoms with Gasteiger partial charge in [-0.05, 0) is 37.3 Å². The van der Waals surface area contributed by atoms with Crippen LogP contribution in [0.15, 0.2) is 64.9 Å². The van der Waals surface area contributed by atoms with E-state index in [1.54, 1.807) is 30.7 Å². The van der Waals surface area contributed by atoms with Crippen LogP contribution in [0.3, 0.4) is 0 Å². The molecule has 0 aliphatic heterocycles. The minimum Gasteiger partial charge on any atom is -0.452 e. The van der Waals surface area contributed by atoms with Gasteiger partial charge >= 0.3 is 0 Å². The second-order valence-corrected chi connectivity index (χ2v) is 5.68. The summed E-state index contributed by atoms with van der Waals surface area (Å²) in [6.07, 6.45) is 5.07. The van der Waals surface area contributed by atoms with Crippen LogP contribution in [0.4, 0.5) is 0 Å². The summed E-state index contributed by atoms with van der Waals surface area (Å²) in [7, 11) is 0. The molecule has 0 saturated heterocycles. The Morgan fingerprint density at radius 3 is 2.65 bits per heavy atom. The van der Waals surface area contributed by atoms with Gasteiger partial charge in [-0.1, -0.05) is 17.8 Å². The first kappa shape index (κ1) is 15.0. The van der Waals surface area contributed by atoms with Crippen molar-refractivity contribution in [1.29, 1.82) is 5.26 Å². The van der Waals surface area contributed by atoms with Gasteiger partial charge in [0.1, 0.15) is 16.8 Å². The van der Waals surface area contributed by atoms with Gasteiger partial charge in [-0.15, -0.1) is 0 Å². The molecule has 0 fully saturated rings. The molecule has 0 spiro atoms. The molecule has 0 N–H and O–H groups in total. The molecule has 3 heterocycles. The highest BCUT2D eigenvalue weighted by molar-refractivity contribution is 7.99. The van der Waals surface area contributed by atoms with E-state index in [1.165, 1.54) is 11.8 Å². The predicted molar refractivity (Wildman–Crippen MR) is 86.4 cm³/mol. The van der Waals surface area contributed by atoms with Crippen molar-refractivity contribution in [3.05, 3.63) is 66.4 Å². The molecule has 0 saturated carbocycles. The van der Waals surface area contributed by atoms with Crippen molar-refractivity contribution in [2.45, 2.75) is 16.8 Å². The Morgan fingerprint density at radius 2 is 1.91 bits per heavy atom. The van der Waals surface area contributed by atoms with Gasteiger partial charge in [0.05, 0.1) is 5.69 Å². The van der Waals surface area contributed by atoms with Crippen LogP contribution in [0, 0.1) is 18.3 Å². The molecule has 3 aromatic heterocycles. The highest BCUT2D eigenvalue weighted by atomic mass is 32.2. The number of aryl methyl sites for hydroxylation is 1. The van der Waals surface area contributed by atoms with Crippen LogP contribution >= 0.6 is 11.8 Å². The molecule has 3 rings (SSSR count). The summed E-state index contributed by atoms with van der Waals surface area (Å²) >= 11 is 1.46. The number of nitrogens with zero attached hydrogens (tertiary/aromatic N) is 4. The minimum atomic E-state index is 0.235. The molecule has 6 heteroatoms. The Balaban J connectivity index is 1.91. The Labute approximate surface area is 138 Å². The molecule has 0 aliphatic carbocycles. The Bertz CT molecular complexity index is 862. The number of nitriles is 1. The van der Waals surface area contributed by atoms with E-state index in [1.807, 2.05) is 37.3 Å². The van der Waals surface area contributed by atoms with Gasteiger partial charge in [-0.3, -0.25) is 4.98 Å². The first-order valence-electron chi connectivity index (χ1n) is 6.85. The van der Waals surface area contributed by atoms with Crippen molar-refractivity contribution >= 4 is 11.8 Å². The maximum atomic E-state index is 9.22. The summed E-state index contributed by atoms with van der Waals surface area (Å²) in [5.74, 6) is 1.01. The van der Waals surface area contributed by atoms with Crippen molar-refractivity contribution in [3.63, 3.8) is 0 Å². The van der Waals surface area contributed by atoms with Crippen LogP contribution in [-0.4, -0.2) is 15.0 Å². The first-order chi connectivity index (χ1) is 11.3. The Morgan fingerprint density at radius 1 is 1.04 bits per heavy atom. The Kier molecular flexibility index (Phi) is 4.50. The van der Waals surface area contributed by atoms with E-state index in [2.05, 4.69) is 15.0 Å². The number of ether oxygens (including phenoxy) is 1. The van der Waals surface area contributed by atoms with Gasteiger partial charge in [0.2, 0.25) is 0 Å². The molecule has 23 heavy (non-hydrogen) atoms. The van der Waals surface area contributed by atoms with Gasteiger partial charge in [-0.25, -0.2) is 9.97 Å². The molecule has 112 valence electrons. The second-order valence-electron chi connectivity index (χ2n) is 4.59. The zero-order valence-electron chi connectivity index (χ0n) is 12.3. The van der Waals surface area contributed by atoms with Gasteiger partial charge in [0, 0.05) is 23.5 Å². The summed E-state index contributed by atoms with van der Waals surface area (Å²) in [4.78, 5) is 13.5. The topological polar surface area (TPSA) is 71.7 Å². The maximum Gasteiger partial charge on any atom is 0.183 e. The van der Waals surface area contributed by atoms with Crippen LogP contribution in [0.1, 0.15) is 11.4 Å². The lowest BCUT2D eigenvalue weighted by Crippen LogP contribution is -1.95. The largest absolute Gasteiger partial charge is 0.452 e. The standard InChI is InChI=1S/C17H12N4OS/c1-12-15(5-4-8-19-12)22-16-9-13(11-21-14(16)10-18)23-17-6-2-3-7-20-17/h2-9,11H,1H3. The van der Waals surface area contributed by atoms with Crippen LogP contribution < -0.4 is 4.74 Å². The van der Waals surface area contributed by atoms with Crippen molar-refractivity contribution in [1.82, 2.24) is 15.0 Å². The number of aromatic nitrogens is 3. The molecule has 0 atom stereocenters. The van der Waals surface area contributed by atoms with E-state index in [0.717, 1.165) is 15.6 Å². The molecule has 0 aromatic carbocycles. The smallest absolute Gasteiger partial charge is 0.183 e.